The quantitative estimate of drug-likeness (QED) is 0.594. The predicted octanol–water partition coefficient (Wildman–Crippen LogP) is -0.947. The van der Waals surface area contributed by atoms with Gasteiger partial charge in [0, 0.05) is 6.54 Å². The number of carboxylic acids is 1. The second-order valence-corrected chi connectivity index (χ2v) is 2.46. The largest absolute Gasteiger partial charge is 0.540 e. The van der Waals surface area contributed by atoms with E-state index < -0.39 is 11.9 Å². The van der Waals surface area contributed by atoms with E-state index in [2.05, 4.69) is 5.32 Å². The standard InChI is InChI=1S/C9H9NO3/c11-8(9(12)13)10-6-7-4-2-1-3-5-7/h1-5H,6H2,(H,10,11)(H,12,13)/p-1. The predicted molar refractivity (Wildman–Crippen MR) is 43.3 cm³/mol. The Balaban J connectivity index is 2.44. The Morgan fingerprint density at radius 3 is 2.38 bits per heavy atom. The number of hydrogen-bond acceptors (Lipinski definition) is 3. The summed E-state index contributed by atoms with van der Waals surface area (Å²) in [5.41, 5.74) is 0.845. The molecule has 13 heavy (non-hydrogen) atoms. The number of aliphatic carboxylic acids is 1. The Bertz CT molecular complexity index is 308. The number of rotatable bonds is 2. The lowest BCUT2D eigenvalue weighted by Crippen LogP contribution is -2.40. The lowest BCUT2D eigenvalue weighted by atomic mass is 10.2. The highest BCUT2D eigenvalue weighted by Crippen LogP contribution is 1.96. The molecule has 68 valence electrons. The van der Waals surface area contributed by atoms with Gasteiger partial charge < -0.3 is 15.2 Å². The molecule has 1 amide bonds. The number of carbonyl (C=O) groups is 2. The number of carboxylic acid groups (broad SMARTS) is 1. The lowest BCUT2D eigenvalue weighted by molar-refractivity contribution is -0.300. The normalized spacial score (nSPS) is 9.23. The molecule has 1 N–H and O–H groups in total. The highest BCUT2D eigenvalue weighted by molar-refractivity contribution is 6.30. The SMILES string of the molecule is O=C([O-])C(=O)NCc1ccccc1. The van der Waals surface area contributed by atoms with Gasteiger partial charge in [0.25, 0.3) is 5.91 Å². The summed E-state index contributed by atoms with van der Waals surface area (Å²) >= 11 is 0. The fourth-order valence-corrected chi connectivity index (χ4v) is 0.850. The number of nitrogens with one attached hydrogen (secondary N) is 1. The highest BCUT2D eigenvalue weighted by Gasteiger charge is 1.99. The van der Waals surface area contributed by atoms with Gasteiger partial charge in [-0.15, -0.1) is 0 Å². The molecule has 0 aliphatic rings. The zero-order chi connectivity index (χ0) is 9.68. The third-order valence-corrected chi connectivity index (χ3v) is 1.48. The molecule has 0 heterocycles. The second kappa shape index (κ2) is 4.25. The van der Waals surface area contributed by atoms with Crippen LogP contribution in [0.4, 0.5) is 0 Å². The second-order valence-electron chi connectivity index (χ2n) is 2.46. The maximum Gasteiger partial charge on any atom is 0.267 e. The van der Waals surface area contributed by atoms with Gasteiger partial charge in [-0.25, -0.2) is 0 Å². The van der Waals surface area contributed by atoms with Crippen LogP contribution in [-0.4, -0.2) is 11.9 Å². The number of hydrogen-bond donors (Lipinski definition) is 1. The van der Waals surface area contributed by atoms with Gasteiger partial charge in [0.05, 0.1) is 0 Å². The molecule has 0 spiro atoms. The van der Waals surface area contributed by atoms with Crippen LogP contribution >= 0.6 is 0 Å². The van der Waals surface area contributed by atoms with Gasteiger partial charge >= 0.3 is 0 Å². The molecule has 0 aliphatic heterocycles. The number of amides is 1. The summed E-state index contributed by atoms with van der Waals surface area (Å²) in [4.78, 5) is 20.5. The molecule has 0 saturated heterocycles. The van der Waals surface area contributed by atoms with Gasteiger partial charge in [0.1, 0.15) is 5.97 Å². The minimum Gasteiger partial charge on any atom is -0.540 e. The highest BCUT2D eigenvalue weighted by atomic mass is 16.4. The van der Waals surface area contributed by atoms with Gasteiger partial charge in [0.2, 0.25) is 0 Å². The zero-order valence-electron chi connectivity index (χ0n) is 6.82. The van der Waals surface area contributed by atoms with Crippen molar-refractivity contribution in [1.29, 1.82) is 0 Å². The molecule has 0 saturated carbocycles. The Labute approximate surface area is 75.2 Å². The van der Waals surface area contributed by atoms with Gasteiger partial charge in [0.15, 0.2) is 0 Å². The molecule has 1 aromatic carbocycles. The Kier molecular flexibility index (Phi) is 3.03. The molecule has 0 unspecified atom stereocenters. The van der Waals surface area contributed by atoms with Crippen molar-refractivity contribution in [1.82, 2.24) is 5.32 Å². The Hall–Kier alpha value is -1.84. The van der Waals surface area contributed by atoms with Crippen molar-refractivity contribution in [2.45, 2.75) is 6.54 Å². The number of benzene rings is 1. The summed E-state index contributed by atoms with van der Waals surface area (Å²) in [6.07, 6.45) is 0. The molecular weight excluding hydrogens is 170 g/mol. The summed E-state index contributed by atoms with van der Waals surface area (Å²) in [5, 5.41) is 12.2. The third kappa shape index (κ3) is 2.94. The molecule has 1 rings (SSSR count). The third-order valence-electron chi connectivity index (χ3n) is 1.48. The van der Waals surface area contributed by atoms with Crippen molar-refractivity contribution in [2.75, 3.05) is 0 Å². The van der Waals surface area contributed by atoms with Crippen LogP contribution in [0.5, 0.6) is 0 Å². The fourth-order valence-electron chi connectivity index (χ4n) is 0.850. The van der Waals surface area contributed by atoms with Gasteiger partial charge in [-0.1, -0.05) is 30.3 Å². The van der Waals surface area contributed by atoms with Crippen molar-refractivity contribution in [2.24, 2.45) is 0 Å². The van der Waals surface area contributed by atoms with Crippen molar-refractivity contribution in [3.8, 4) is 0 Å². The van der Waals surface area contributed by atoms with Crippen molar-refractivity contribution < 1.29 is 14.7 Å². The van der Waals surface area contributed by atoms with Gasteiger partial charge in [-0.05, 0) is 5.56 Å². The first-order valence-corrected chi connectivity index (χ1v) is 3.73. The first-order valence-electron chi connectivity index (χ1n) is 3.73. The van der Waals surface area contributed by atoms with Crippen LogP contribution in [0.3, 0.4) is 0 Å². The summed E-state index contributed by atoms with van der Waals surface area (Å²) in [5.74, 6) is -2.81. The Morgan fingerprint density at radius 1 is 1.23 bits per heavy atom. The first kappa shape index (κ1) is 9.25. The molecule has 0 bridgehead atoms. The van der Waals surface area contributed by atoms with Crippen LogP contribution in [0.2, 0.25) is 0 Å². The minimum atomic E-state index is -1.71. The summed E-state index contributed by atoms with van der Waals surface area (Å²) in [6.45, 7) is 0.202. The Morgan fingerprint density at radius 2 is 1.85 bits per heavy atom. The lowest BCUT2D eigenvalue weighted by Gasteiger charge is -2.04. The van der Waals surface area contributed by atoms with Crippen LogP contribution in [0.15, 0.2) is 30.3 Å². The molecule has 0 aromatic heterocycles. The molecule has 4 nitrogen and oxygen atoms in total. The van der Waals surface area contributed by atoms with Crippen LogP contribution in [0.25, 0.3) is 0 Å². The average molecular weight is 178 g/mol. The van der Waals surface area contributed by atoms with E-state index in [9.17, 15) is 14.7 Å². The molecule has 4 heteroatoms. The van der Waals surface area contributed by atoms with E-state index in [-0.39, 0.29) is 6.54 Å². The molecule has 0 radical (unpaired) electrons. The molecule has 0 atom stereocenters. The van der Waals surface area contributed by atoms with E-state index in [1.807, 2.05) is 6.07 Å². The fraction of sp³-hybridized carbons (Fsp3) is 0.111. The smallest absolute Gasteiger partial charge is 0.267 e. The molecule has 0 aliphatic carbocycles. The van der Waals surface area contributed by atoms with Crippen LogP contribution < -0.4 is 10.4 Å². The van der Waals surface area contributed by atoms with E-state index in [4.69, 9.17) is 0 Å². The zero-order valence-corrected chi connectivity index (χ0v) is 6.82. The van der Waals surface area contributed by atoms with Crippen LogP contribution in [0, 0.1) is 0 Å². The van der Waals surface area contributed by atoms with Crippen LogP contribution in [-0.2, 0) is 16.1 Å². The number of carbonyl (C=O) groups excluding carboxylic acids is 2. The van der Waals surface area contributed by atoms with E-state index in [0.717, 1.165) is 5.56 Å². The monoisotopic (exact) mass is 178 g/mol. The molecule has 0 fully saturated rings. The molecule has 1 aromatic rings. The van der Waals surface area contributed by atoms with E-state index in [1.54, 1.807) is 24.3 Å². The van der Waals surface area contributed by atoms with E-state index in [0.29, 0.717) is 0 Å². The topological polar surface area (TPSA) is 69.2 Å². The van der Waals surface area contributed by atoms with Crippen molar-refractivity contribution in [3.63, 3.8) is 0 Å². The van der Waals surface area contributed by atoms with Crippen molar-refractivity contribution >= 4 is 11.9 Å². The average Bonchev–Trinajstić information content (AvgIpc) is 2.15. The maximum absolute atomic E-state index is 10.5. The van der Waals surface area contributed by atoms with E-state index >= 15 is 0 Å². The first-order chi connectivity index (χ1) is 6.20. The minimum absolute atomic E-state index is 0.202. The van der Waals surface area contributed by atoms with Gasteiger partial charge in [-0.3, -0.25) is 4.79 Å². The summed E-state index contributed by atoms with van der Waals surface area (Å²) < 4.78 is 0. The van der Waals surface area contributed by atoms with Crippen LogP contribution in [0.1, 0.15) is 5.56 Å². The van der Waals surface area contributed by atoms with Crippen molar-refractivity contribution in [3.05, 3.63) is 35.9 Å². The summed E-state index contributed by atoms with van der Waals surface area (Å²) in [6, 6.07) is 9.02. The van der Waals surface area contributed by atoms with E-state index in [1.165, 1.54) is 0 Å². The van der Waals surface area contributed by atoms with Gasteiger partial charge in [-0.2, -0.15) is 0 Å². The maximum atomic E-state index is 10.5. The molecular formula is C9H8NO3-. The summed E-state index contributed by atoms with van der Waals surface area (Å²) in [7, 11) is 0.